The van der Waals surface area contributed by atoms with Crippen molar-refractivity contribution in [1.82, 2.24) is 5.32 Å². The summed E-state index contributed by atoms with van der Waals surface area (Å²) in [6, 6.07) is 0. The summed E-state index contributed by atoms with van der Waals surface area (Å²) in [7, 11) is 2.81. The van der Waals surface area contributed by atoms with E-state index in [2.05, 4.69) is 63.0 Å². The Hall–Kier alpha value is -0.140. The highest BCUT2D eigenvalue weighted by atomic mass is 31.0. The molecule has 0 aliphatic rings. The first kappa shape index (κ1) is 20.9. The van der Waals surface area contributed by atoms with Crippen LogP contribution < -0.4 is 5.32 Å². The van der Waals surface area contributed by atoms with Gasteiger partial charge in [-0.1, -0.05) is 34.6 Å². The summed E-state index contributed by atoms with van der Waals surface area (Å²) in [5.74, 6) is 0.101. The van der Waals surface area contributed by atoms with Crippen LogP contribution in [0.3, 0.4) is 0 Å². The Morgan fingerprint density at radius 2 is 1.67 bits per heavy atom. The molecule has 4 heteroatoms. The topological polar surface area (TPSA) is 38.3 Å². The van der Waals surface area contributed by atoms with Crippen molar-refractivity contribution in [2.75, 3.05) is 6.61 Å². The van der Waals surface area contributed by atoms with E-state index in [0.29, 0.717) is 6.42 Å². The van der Waals surface area contributed by atoms with E-state index in [1.807, 2.05) is 6.92 Å². The van der Waals surface area contributed by atoms with Gasteiger partial charge in [0.05, 0.1) is 11.4 Å². The minimum Gasteiger partial charge on any atom is -0.379 e. The number of carbonyl (C=O) groups excluding carboxylic acids is 1. The second-order valence-corrected chi connectivity index (χ2v) is 9.21. The smallest absolute Gasteiger partial charge is 0.220 e. The molecule has 0 aromatic heterocycles. The summed E-state index contributed by atoms with van der Waals surface area (Å²) in [5, 5.41) is 2.83. The zero-order valence-corrected chi connectivity index (χ0v) is 16.5. The zero-order chi connectivity index (χ0) is 16.9. The summed E-state index contributed by atoms with van der Waals surface area (Å²) >= 11 is 0. The van der Waals surface area contributed by atoms with Crippen molar-refractivity contribution in [2.24, 2.45) is 10.8 Å². The molecule has 0 aliphatic carbocycles. The molecular formula is C17H36NO2P. The summed E-state index contributed by atoms with van der Waals surface area (Å²) in [6.07, 6.45) is 2.72. The van der Waals surface area contributed by atoms with E-state index in [1.165, 1.54) is 0 Å². The average Bonchev–Trinajstić information content (AvgIpc) is 2.25. The first-order valence-corrected chi connectivity index (χ1v) is 8.62. The van der Waals surface area contributed by atoms with E-state index >= 15 is 0 Å². The van der Waals surface area contributed by atoms with Gasteiger partial charge in [-0.15, -0.1) is 9.24 Å². The number of ether oxygens (including phenoxy) is 1. The second kappa shape index (κ2) is 7.92. The Bertz CT molecular complexity index is 336. The van der Waals surface area contributed by atoms with E-state index < -0.39 is 0 Å². The molecule has 0 spiro atoms. The number of amides is 1. The van der Waals surface area contributed by atoms with Crippen molar-refractivity contribution in [3.63, 3.8) is 0 Å². The van der Waals surface area contributed by atoms with Crippen LogP contribution in [0.25, 0.3) is 0 Å². The van der Waals surface area contributed by atoms with Crippen LogP contribution in [0, 0.1) is 10.8 Å². The molecule has 3 nitrogen and oxygen atoms in total. The van der Waals surface area contributed by atoms with Crippen molar-refractivity contribution in [1.29, 1.82) is 0 Å². The molecule has 0 aromatic carbocycles. The molecule has 2 atom stereocenters. The predicted molar refractivity (Wildman–Crippen MR) is 94.4 cm³/mol. The predicted octanol–water partition coefficient (Wildman–Crippen LogP) is 4.36. The normalized spacial score (nSPS) is 15.9. The minimum atomic E-state index is -0.271. The Labute approximate surface area is 134 Å². The maximum absolute atomic E-state index is 11.7. The first-order chi connectivity index (χ1) is 9.33. The molecule has 0 fully saturated rings. The largest absolute Gasteiger partial charge is 0.379 e. The number of rotatable bonds is 9. The molecule has 0 saturated heterocycles. The van der Waals surface area contributed by atoms with Crippen molar-refractivity contribution >= 4 is 15.1 Å². The van der Waals surface area contributed by atoms with Crippen LogP contribution in [-0.4, -0.2) is 23.9 Å². The zero-order valence-electron chi connectivity index (χ0n) is 15.3. The molecule has 0 rings (SSSR count). The fourth-order valence-corrected chi connectivity index (χ4v) is 3.17. The van der Waals surface area contributed by atoms with Gasteiger partial charge in [0.25, 0.3) is 0 Å². The molecule has 1 amide bonds. The fraction of sp³-hybridized carbons (Fsp3) is 0.941. The maximum Gasteiger partial charge on any atom is 0.220 e. The fourth-order valence-electron chi connectivity index (χ4n) is 2.50. The van der Waals surface area contributed by atoms with Crippen LogP contribution in [0.15, 0.2) is 0 Å². The number of hydrogen-bond acceptors (Lipinski definition) is 2. The molecule has 0 saturated carbocycles. The van der Waals surface area contributed by atoms with Crippen LogP contribution in [0.4, 0.5) is 0 Å². The van der Waals surface area contributed by atoms with Crippen LogP contribution in [0.5, 0.6) is 0 Å². The van der Waals surface area contributed by atoms with E-state index in [9.17, 15) is 4.79 Å². The number of carbonyl (C=O) groups is 1. The van der Waals surface area contributed by atoms with Crippen molar-refractivity contribution < 1.29 is 9.53 Å². The first-order valence-electron chi connectivity index (χ1n) is 8.04. The molecule has 126 valence electrons. The van der Waals surface area contributed by atoms with Gasteiger partial charge in [0.1, 0.15) is 0 Å². The third kappa shape index (κ3) is 7.61. The molecular weight excluding hydrogens is 281 g/mol. The average molecular weight is 317 g/mol. The van der Waals surface area contributed by atoms with Gasteiger partial charge in [-0.25, -0.2) is 0 Å². The van der Waals surface area contributed by atoms with Gasteiger partial charge in [-0.2, -0.15) is 0 Å². The maximum atomic E-state index is 11.7. The summed E-state index contributed by atoms with van der Waals surface area (Å²) in [4.78, 5) is 11.7. The van der Waals surface area contributed by atoms with Crippen molar-refractivity contribution in [3.05, 3.63) is 0 Å². The number of hydrogen-bond donors (Lipinski definition) is 1. The quantitative estimate of drug-likeness (QED) is 0.642. The van der Waals surface area contributed by atoms with Crippen LogP contribution >= 0.6 is 9.24 Å². The molecule has 0 aromatic rings. The van der Waals surface area contributed by atoms with Crippen LogP contribution in [-0.2, 0) is 9.53 Å². The lowest BCUT2D eigenvalue weighted by Gasteiger charge is -2.46. The minimum absolute atomic E-state index is 0.0882. The summed E-state index contributed by atoms with van der Waals surface area (Å²) < 4.78 is 5.71. The van der Waals surface area contributed by atoms with Crippen molar-refractivity contribution in [2.45, 2.75) is 86.0 Å². The Morgan fingerprint density at radius 3 is 2.10 bits per heavy atom. The molecule has 2 unspecified atom stereocenters. The Morgan fingerprint density at radius 1 is 1.14 bits per heavy atom. The highest BCUT2D eigenvalue weighted by Gasteiger charge is 2.41. The lowest BCUT2D eigenvalue weighted by atomic mass is 9.63. The van der Waals surface area contributed by atoms with Gasteiger partial charge >= 0.3 is 0 Å². The van der Waals surface area contributed by atoms with Gasteiger partial charge in [0.15, 0.2) is 0 Å². The standard InChI is InChI=1S/C17H36NO2P/c1-9-14(19)18-17(8,21)12-16(6,7)15(4,5)10-11-20-13(2)3/h13H,9-12,21H2,1-8H3,(H,18,19). The summed E-state index contributed by atoms with van der Waals surface area (Å²) in [6.45, 7) is 18.0. The van der Waals surface area contributed by atoms with Gasteiger partial charge in [0.2, 0.25) is 5.91 Å². The van der Waals surface area contributed by atoms with Gasteiger partial charge < -0.3 is 10.1 Å². The molecule has 21 heavy (non-hydrogen) atoms. The van der Waals surface area contributed by atoms with E-state index in [-0.39, 0.29) is 28.1 Å². The van der Waals surface area contributed by atoms with E-state index in [1.54, 1.807) is 0 Å². The van der Waals surface area contributed by atoms with Gasteiger partial charge in [-0.3, -0.25) is 4.79 Å². The lowest BCUT2D eigenvalue weighted by Crippen LogP contribution is -2.47. The summed E-state index contributed by atoms with van der Waals surface area (Å²) in [5.41, 5.74) is 0.224. The SMILES string of the molecule is CCC(=O)NC(C)(P)CC(C)(C)C(C)(C)CCOC(C)C. The molecule has 0 radical (unpaired) electrons. The third-order valence-corrected chi connectivity index (χ3v) is 4.91. The van der Waals surface area contributed by atoms with Gasteiger partial charge in [-0.05, 0) is 44.4 Å². The van der Waals surface area contributed by atoms with Crippen LogP contribution in [0.1, 0.15) is 74.7 Å². The monoisotopic (exact) mass is 317 g/mol. The third-order valence-electron chi connectivity index (χ3n) is 4.57. The van der Waals surface area contributed by atoms with Crippen LogP contribution in [0.2, 0.25) is 0 Å². The van der Waals surface area contributed by atoms with Crippen molar-refractivity contribution in [3.8, 4) is 0 Å². The molecule has 0 aliphatic heterocycles. The highest BCUT2D eigenvalue weighted by Crippen LogP contribution is 2.47. The number of nitrogens with one attached hydrogen (secondary N) is 1. The van der Waals surface area contributed by atoms with Gasteiger partial charge in [0, 0.05) is 13.0 Å². The second-order valence-electron chi connectivity index (χ2n) is 7.93. The molecule has 1 N–H and O–H groups in total. The highest BCUT2D eigenvalue weighted by molar-refractivity contribution is 7.18. The Balaban J connectivity index is 4.73. The Kier molecular flexibility index (Phi) is 7.87. The lowest BCUT2D eigenvalue weighted by molar-refractivity contribution is -0.122. The van der Waals surface area contributed by atoms with E-state index in [0.717, 1.165) is 19.4 Å². The van der Waals surface area contributed by atoms with E-state index in [4.69, 9.17) is 4.74 Å². The molecule has 0 heterocycles. The molecule has 0 bridgehead atoms.